The Morgan fingerprint density at radius 1 is 0.840 bits per heavy atom. The normalized spacial score (nSPS) is 63.0. The third-order valence-electron chi connectivity index (χ3n) is 9.08. The fourth-order valence-electron chi connectivity index (χ4n) is 7.86. The molecule has 0 radical (unpaired) electrons. The van der Waals surface area contributed by atoms with Crippen molar-refractivity contribution in [1.82, 2.24) is 0 Å². The van der Waals surface area contributed by atoms with Crippen molar-refractivity contribution in [3.05, 3.63) is 0 Å². The van der Waals surface area contributed by atoms with Crippen LogP contribution in [0, 0.1) is 28.6 Å². The Hall–Kier alpha value is -0.200. The lowest BCUT2D eigenvalue weighted by atomic mass is 9.57. The van der Waals surface area contributed by atoms with Crippen molar-refractivity contribution in [2.75, 3.05) is 0 Å². The summed E-state index contributed by atoms with van der Waals surface area (Å²) in [4.78, 5) is 0. The number of fused-ring (bicyclic) bond motifs is 2. The molecule has 1 spiro atoms. The zero-order valence-corrected chi connectivity index (χ0v) is 15.9. The third kappa shape index (κ3) is 1.92. The van der Waals surface area contributed by atoms with Gasteiger partial charge in [0.05, 0.1) is 23.4 Å². The Balaban J connectivity index is 1.89. The lowest BCUT2D eigenvalue weighted by molar-refractivity contribution is -0.196. The Labute approximate surface area is 150 Å². The van der Waals surface area contributed by atoms with Crippen molar-refractivity contribution < 1.29 is 25.5 Å². The molecular formula is C20H34O5. The van der Waals surface area contributed by atoms with Crippen molar-refractivity contribution in [1.29, 1.82) is 0 Å². The Bertz CT molecular complexity index is 585. The molecule has 0 saturated heterocycles. The van der Waals surface area contributed by atoms with Crippen LogP contribution in [-0.2, 0) is 0 Å². The van der Waals surface area contributed by atoms with Gasteiger partial charge >= 0.3 is 0 Å². The highest BCUT2D eigenvalue weighted by atomic mass is 16.4. The average Bonchev–Trinajstić information content (AvgIpc) is 2.74. The first kappa shape index (κ1) is 18.2. The average molecular weight is 354 g/mol. The zero-order valence-electron chi connectivity index (χ0n) is 15.9. The maximum atomic E-state index is 11.7. The van der Waals surface area contributed by atoms with E-state index in [0.717, 1.165) is 6.42 Å². The summed E-state index contributed by atoms with van der Waals surface area (Å²) in [6.07, 6.45) is 1.62. The smallest absolute Gasteiger partial charge is 0.101 e. The van der Waals surface area contributed by atoms with E-state index in [9.17, 15) is 25.5 Å². The monoisotopic (exact) mass is 354 g/mol. The lowest BCUT2D eigenvalue weighted by Crippen LogP contribution is -2.60. The molecule has 4 rings (SSSR count). The van der Waals surface area contributed by atoms with E-state index in [-0.39, 0.29) is 18.3 Å². The van der Waals surface area contributed by atoms with E-state index in [1.165, 1.54) is 0 Å². The molecule has 4 aliphatic rings. The molecule has 5 nitrogen and oxygen atoms in total. The summed E-state index contributed by atoms with van der Waals surface area (Å²) in [5.74, 6) is -0.890. The van der Waals surface area contributed by atoms with Gasteiger partial charge in [-0.2, -0.15) is 0 Å². The van der Waals surface area contributed by atoms with Gasteiger partial charge in [0, 0.05) is 17.3 Å². The minimum atomic E-state index is -1.38. The van der Waals surface area contributed by atoms with Gasteiger partial charge in [-0.05, 0) is 63.7 Å². The van der Waals surface area contributed by atoms with Crippen molar-refractivity contribution in [2.45, 2.75) is 95.2 Å². The number of aliphatic hydroxyl groups excluding tert-OH is 2. The van der Waals surface area contributed by atoms with Crippen LogP contribution in [0.5, 0.6) is 0 Å². The summed E-state index contributed by atoms with van der Waals surface area (Å²) < 4.78 is 0. The van der Waals surface area contributed by atoms with Crippen LogP contribution in [0.1, 0.15) is 66.2 Å². The molecule has 4 aliphatic carbocycles. The molecule has 9 atom stereocenters. The van der Waals surface area contributed by atoms with Crippen LogP contribution in [0.2, 0.25) is 0 Å². The molecule has 0 amide bonds. The summed E-state index contributed by atoms with van der Waals surface area (Å²) >= 11 is 0. The topological polar surface area (TPSA) is 101 Å². The molecule has 5 heteroatoms. The van der Waals surface area contributed by atoms with Gasteiger partial charge < -0.3 is 25.5 Å². The number of hydrogen-bond donors (Lipinski definition) is 5. The van der Waals surface area contributed by atoms with Crippen LogP contribution in [-0.4, -0.2) is 54.5 Å². The van der Waals surface area contributed by atoms with Crippen LogP contribution in [0.25, 0.3) is 0 Å². The molecule has 0 aliphatic heterocycles. The van der Waals surface area contributed by atoms with Crippen molar-refractivity contribution in [3.8, 4) is 0 Å². The lowest BCUT2D eigenvalue weighted by Gasteiger charge is -2.51. The molecule has 0 aromatic rings. The van der Waals surface area contributed by atoms with E-state index in [4.69, 9.17) is 0 Å². The van der Waals surface area contributed by atoms with Gasteiger partial charge in [-0.3, -0.25) is 0 Å². The number of hydrogen-bond acceptors (Lipinski definition) is 5. The quantitative estimate of drug-likeness (QED) is 0.450. The highest BCUT2D eigenvalue weighted by Crippen LogP contribution is 2.69. The van der Waals surface area contributed by atoms with E-state index in [1.807, 2.05) is 13.8 Å². The highest BCUT2D eigenvalue weighted by molar-refractivity contribution is 5.24. The first-order chi connectivity index (χ1) is 11.3. The first-order valence-corrected chi connectivity index (χ1v) is 9.84. The van der Waals surface area contributed by atoms with Gasteiger partial charge in [0.25, 0.3) is 0 Å². The number of rotatable bonds is 0. The SMILES string of the molecule is CC1(C)CC[C@H]2[C@](C)(O)[C@@H]3CCC4[C@H](O)C3(C[C@@H](O)[C@@]21O)C[C@@]4(C)O. The fourth-order valence-corrected chi connectivity index (χ4v) is 7.86. The molecule has 0 aromatic heterocycles. The first-order valence-electron chi connectivity index (χ1n) is 9.84. The van der Waals surface area contributed by atoms with Crippen LogP contribution in [0.3, 0.4) is 0 Å². The second-order valence-electron chi connectivity index (χ2n) is 10.7. The van der Waals surface area contributed by atoms with E-state index in [0.29, 0.717) is 25.7 Å². The Morgan fingerprint density at radius 2 is 1.48 bits per heavy atom. The summed E-state index contributed by atoms with van der Waals surface area (Å²) in [6, 6.07) is 0. The largest absolute Gasteiger partial charge is 0.392 e. The summed E-state index contributed by atoms with van der Waals surface area (Å²) in [7, 11) is 0. The minimum Gasteiger partial charge on any atom is -0.392 e. The van der Waals surface area contributed by atoms with Gasteiger partial charge in [-0.25, -0.2) is 0 Å². The molecule has 144 valence electrons. The van der Waals surface area contributed by atoms with Crippen LogP contribution in [0.4, 0.5) is 0 Å². The predicted molar refractivity (Wildman–Crippen MR) is 92.6 cm³/mol. The third-order valence-corrected chi connectivity index (χ3v) is 9.08. The van der Waals surface area contributed by atoms with Crippen molar-refractivity contribution in [3.63, 3.8) is 0 Å². The maximum absolute atomic E-state index is 11.7. The maximum Gasteiger partial charge on any atom is 0.101 e. The van der Waals surface area contributed by atoms with Gasteiger partial charge in [0.15, 0.2) is 0 Å². The van der Waals surface area contributed by atoms with Crippen molar-refractivity contribution >= 4 is 0 Å². The Morgan fingerprint density at radius 3 is 2.12 bits per heavy atom. The summed E-state index contributed by atoms with van der Waals surface area (Å²) in [5, 5.41) is 56.5. The molecule has 5 N–H and O–H groups in total. The van der Waals surface area contributed by atoms with Crippen molar-refractivity contribution in [2.24, 2.45) is 28.6 Å². The van der Waals surface area contributed by atoms with Crippen LogP contribution >= 0.6 is 0 Å². The van der Waals surface area contributed by atoms with Crippen LogP contribution in [0.15, 0.2) is 0 Å². The zero-order chi connectivity index (χ0) is 18.6. The van der Waals surface area contributed by atoms with Gasteiger partial charge in [0.1, 0.15) is 5.60 Å². The highest BCUT2D eigenvalue weighted by Gasteiger charge is 2.74. The fraction of sp³-hybridized carbons (Fsp3) is 1.00. The second kappa shape index (κ2) is 4.79. The second-order valence-corrected chi connectivity index (χ2v) is 10.7. The van der Waals surface area contributed by atoms with Gasteiger partial charge in [-0.15, -0.1) is 0 Å². The number of aliphatic hydroxyl groups is 5. The van der Waals surface area contributed by atoms with E-state index in [2.05, 4.69) is 0 Å². The molecule has 4 saturated carbocycles. The Kier molecular flexibility index (Phi) is 3.49. The van der Waals surface area contributed by atoms with E-state index >= 15 is 0 Å². The molecule has 2 unspecified atom stereocenters. The summed E-state index contributed by atoms with van der Waals surface area (Å²) in [6.45, 7) is 7.48. The van der Waals surface area contributed by atoms with Crippen LogP contribution < -0.4 is 0 Å². The van der Waals surface area contributed by atoms with E-state index < -0.39 is 45.8 Å². The molecule has 25 heavy (non-hydrogen) atoms. The molecule has 0 aromatic carbocycles. The van der Waals surface area contributed by atoms with Gasteiger partial charge in [0.2, 0.25) is 0 Å². The molecular weight excluding hydrogens is 320 g/mol. The predicted octanol–water partition coefficient (Wildman–Crippen LogP) is 1.20. The molecule has 0 heterocycles. The van der Waals surface area contributed by atoms with Gasteiger partial charge in [-0.1, -0.05) is 13.8 Å². The van der Waals surface area contributed by atoms with E-state index in [1.54, 1.807) is 13.8 Å². The molecule has 2 bridgehead atoms. The minimum absolute atomic E-state index is 0.229. The molecule has 4 fully saturated rings. The summed E-state index contributed by atoms with van der Waals surface area (Å²) in [5.41, 5.74) is -4.82. The standard InChI is InChI=1S/C20H34O5/c1-16(2)8-7-13-18(4,24)12-6-5-11-15(22)19(12,10-17(11,3)23)9-14(21)20(13,16)25/h11-15,21-25H,5-10H2,1-4H3/t11?,12-,13-,14+,15-,17+,18+,19?,20-/m0/s1.